The number of hydrogen-bond acceptors (Lipinski definition) is 3. The summed E-state index contributed by atoms with van der Waals surface area (Å²) in [5.41, 5.74) is 1.10. The molecular weight excluding hydrogens is 331 g/mol. The van der Waals surface area contributed by atoms with Gasteiger partial charge in [0.1, 0.15) is 12.4 Å². The molecule has 1 fully saturated rings. The molecule has 5 nitrogen and oxygen atoms in total. The van der Waals surface area contributed by atoms with Crippen LogP contribution in [0.3, 0.4) is 0 Å². The molecule has 0 aliphatic carbocycles. The van der Waals surface area contributed by atoms with Gasteiger partial charge in [-0.25, -0.2) is 4.39 Å². The van der Waals surface area contributed by atoms with Crippen LogP contribution in [0.1, 0.15) is 25.8 Å². The van der Waals surface area contributed by atoms with Gasteiger partial charge in [-0.2, -0.15) is 5.10 Å². The van der Waals surface area contributed by atoms with Crippen LogP contribution in [0.4, 0.5) is 4.39 Å². The number of carbonyl (C=O) groups excluding carboxylic acids is 1. The van der Waals surface area contributed by atoms with E-state index in [1.807, 2.05) is 29.3 Å². The highest BCUT2D eigenvalue weighted by atomic mass is 19.1. The maximum atomic E-state index is 13.2. The van der Waals surface area contributed by atoms with E-state index in [1.54, 1.807) is 10.9 Å². The molecule has 1 atom stereocenters. The number of rotatable bonds is 5. The molecule has 1 aromatic carbocycles. The van der Waals surface area contributed by atoms with Gasteiger partial charge in [0.25, 0.3) is 0 Å². The van der Waals surface area contributed by atoms with Gasteiger partial charge < -0.3 is 4.90 Å². The molecule has 1 saturated heterocycles. The summed E-state index contributed by atoms with van der Waals surface area (Å²) in [5.74, 6) is 0.331. The molecule has 0 bridgehead atoms. The molecule has 0 N–H and O–H groups in total. The average molecular weight is 358 g/mol. The first kappa shape index (κ1) is 18.6. The van der Waals surface area contributed by atoms with Gasteiger partial charge in [0.2, 0.25) is 5.91 Å². The van der Waals surface area contributed by atoms with Crippen molar-refractivity contribution in [1.82, 2.24) is 19.6 Å². The number of halogens is 1. The topological polar surface area (TPSA) is 41.4 Å². The average Bonchev–Trinajstić information content (AvgIpc) is 3.02. The number of hydrogen-bond donors (Lipinski definition) is 0. The predicted molar refractivity (Wildman–Crippen MR) is 98.9 cm³/mol. The van der Waals surface area contributed by atoms with E-state index < -0.39 is 0 Å². The second-order valence-electron chi connectivity index (χ2n) is 7.31. The van der Waals surface area contributed by atoms with E-state index in [0.717, 1.165) is 38.2 Å². The van der Waals surface area contributed by atoms with Crippen LogP contribution >= 0.6 is 0 Å². The molecule has 140 valence electrons. The zero-order valence-electron chi connectivity index (χ0n) is 15.5. The third kappa shape index (κ3) is 4.69. The van der Waals surface area contributed by atoms with Crippen molar-refractivity contribution < 1.29 is 9.18 Å². The molecule has 1 aliphatic heterocycles. The lowest BCUT2D eigenvalue weighted by atomic mass is 10.0. The molecule has 1 aliphatic rings. The minimum atomic E-state index is -0.208. The summed E-state index contributed by atoms with van der Waals surface area (Å²) in [5, 5.41) is 4.13. The summed E-state index contributed by atoms with van der Waals surface area (Å²) in [7, 11) is 0. The molecule has 0 saturated carbocycles. The molecule has 0 radical (unpaired) electrons. The van der Waals surface area contributed by atoms with Crippen molar-refractivity contribution >= 4 is 5.91 Å². The third-order valence-corrected chi connectivity index (χ3v) is 5.03. The summed E-state index contributed by atoms with van der Waals surface area (Å²) < 4.78 is 14.8. The number of benzene rings is 1. The van der Waals surface area contributed by atoms with Crippen molar-refractivity contribution in [2.45, 2.75) is 39.4 Å². The summed E-state index contributed by atoms with van der Waals surface area (Å²) >= 11 is 0. The van der Waals surface area contributed by atoms with Crippen molar-refractivity contribution in [3.8, 4) is 0 Å². The van der Waals surface area contributed by atoms with Gasteiger partial charge in [0, 0.05) is 44.6 Å². The second-order valence-corrected chi connectivity index (χ2v) is 7.31. The Kier molecular flexibility index (Phi) is 6.04. The molecule has 1 aromatic heterocycles. The van der Waals surface area contributed by atoms with Gasteiger partial charge in [-0.05, 0) is 36.1 Å². The Labute approximate surface area is 154 Å². The number of aromatic nitrogens is 2. The van der Waals surface area contributed by atoms with E-state index in [1.165, 1.54) is 12.1 Å². The van der Waals surface area contributed by atoms with Gasteiger partial charge >= 0.3 is 0 Å². The first-order valence-corrected chi connectivity index (χ1v) is 9.26. The first-order valence-electron chi connectivity index (χ1n) is 9.26. The van der Waals surface area contributed by atoms with Crippen molar-refractivity contribution in [3.63, 3.8) is 0 Å². The second kappa shape index (κ2) is 8.45. The normalized spacial score (nSPS) is 18.9. The fourth-order valence-electron chi connectivity index (χ4n) is 3.58. The standard InChI is InChI=1S/C20H27FN4O/c1-16(2)19-14-24(20(26)15-25-12-3-9-22-25)11-4-10-23(19)13-17-5-7-18(21)8-6-17/h3,5-9,12,16,19H,4,10-11,13-15H2,1-2H3. The minimum absolute atomic E-state index is 0.114. The first-order chi connectivity index (χ1) is 12.5. The summed E-state index contributed by atoms with van der Waals surface area (Å²) in [4.78, 5) is 17.1. The Balaban J connectivity index is 1.68. The van der Waals surface area contributed by atoms with E-state index in [-0.39, 0.29) is 24.3 Å². The van der Waals surface area contributed by atoms with E-state index in [2.05, 4.69) is 23.8 Å². The zero-order chi connectivity index (χ0) is 18.5. The van der Waals surface area contributed by atoms with Gasteiger partial charge in [0.05, 0.1) is 0 Å². The molecule has 3 rings (SSSR count). The lowest BCUT2D eigenvalue weighted by Crippen LogP contribution is -2.46. The summed E-state index contributed by atoms with van der Waals surface area (Å²) in [6, 6.07) is 8.83. The van der Waals surface area contributed by atoms with Crippen LogP contribution in [0.15, 0.2) is 42.7 Å². The number of amides is 1. The van der Waals surface area contributed by atoms with E-state index in [0.29, 0.717) is 5.92 Å². The van der Waals surface area contributed by atoms with Crippen molar-refractivity contribution in [2.75, 3.05) is 19.6 Å². The SMILES string of the molecule is CC(C)C1CN(C(=O)Cn2cccn2)CCCN1Cc1ccc(F)cc1. The maximum Gasteiger partial charge on any atom is 0.244 e. The van der Waals surface area contributed by atoms with Crippen LogP contribution in [0.25, 0.3) is 0 Å². The van der Waals surface area contributed by atoms with Crippen molar-refractivity contribution in [2.24, 2.45) is 5.92 Å². The monoisotopic (exact) mass is 358 g/mol. The van der Waals surface area contributed by atoms with Crippen LogP contribution in [0.5, 0.6) is 0 Å². The Morgan fingerprint density at radius 2 is 2.04 bits per heavy atom. The summed E-state index contributed by atoms with van der Waals surface area (Å²) in [6.07, 6.45) is 4.45. The summed E-state index contributed by atoms with van der Waals surface area (Å²) in [6.45, 7) is 7.89. The van der Waals surface area contributed by atoms with Crippen LogP contribution < -0.4 is 0 Å². The Bertz CT molecular complexity index is 699. The van der Waals surface area contributed by atoms with Crippen LogP contribution in [-0.4, -0.2) is 51.2 Å². The molecule has 6 heteroatoms. The highest BCUT2D eigenvalue weighted by Gasteiger charge is 2.29. The maximum absolute atomic E-state index is 13.2. The van der Waals surface area contributed by atoms with Gasteiger partial charge in [-0.3, -0.25) is 14.4 Å². The van der Waals surface area contributed by atoms with Crippen LogP contribution in [-0.2, 0) is 17.9 Å². The third-order valence-electron chi connectivity index (χ3n) is 5.03. The Morgan fingerprint density at radius 1 is 1.27 bits per heavy atom. The molecule has 2 aromatic rings. The smallest absolute Gasteiger partial charge is 0.244 e. The minimum Gasteiger partial charge on any atom is -0.339 e. The molecule has 1 amide bonds. The van der Waals surface area contributed by atoms with E-state index in [4.69, 9.17) is 0 Å². The van der Waals surface area contributed by atoms with Crippen LogP contribution in [0.2, 0.25) is 0 Å². The van der Waals surface area contributed by atoms with Gasteiger partial charge in [-0.1, -0.05) is 26.0 Å². The molecule has 26 heavy (non-hydrogen) atoms. The van der Waals surface area contributed by atoms with Gasteiger partial charge in [-0.15, -0.1) is 0 Å². The Hall–Kier alpha value is -2.21. The molecule has 0 spiro atoms. The zero-order valence-corrected chi connectivity index (χ0v) is 15.5. The quantitative estimate of drug-likeness (QED) is 0.825. The van der Waals surface area contributed by atoms with E-state index >= 15 is 0 Å². The highest BCUT2D eigenvalue weighted by Crippen LogP contribution is 2.20. The Morgan fingerprint density at radius 3 is 2.69 bits per heavy atom. The molecule has 2 heterocycles. The van der Waals surface area contributed by atoms with Gasteiger partial charge in [0.15, 0.2) is 0 Å². The van der Waals surface area contributed by atoms with Crippen LogP contribution in [0, 0.1) is 11.7 Å². The lowest BCUT2D eigenvalue weighted by molar-refractivity contribution is -0.132. The highest BCUT2D eigenvalue weighted by molar-refractivity contribution is 5.76. The lowest BCUT2D eigenvalue weighted by Gasteiger charge is -2.34. The number of carbonyl (C=O) groups is 1. The molecule has 1 unspecified atom stereocenters. The van der Waals surface area contributed by atoms with Crippen molar-refractivity contribution in [1.29, 1.82) is 0 Å². The largest absolute Gasteiger partial charge is 0.339 e. The fourth-order valence-corrected chi connectivity index (χ4v) is 3.58. The fraction of sp³-hybridized carbons (Fsp3) is 0.500. The van der Waals surface area contributed by atoms with Crippen molar-refractivity contribution in [3.05, 3.63) is 54.1 Å². The predicted octanol–water partition coefficient (Wildman–Crippen LogP) is 2.78. The number of nitrogens with zero attached hydrogens (tertiary/aromatic N) is 4. The molecular formula is C20H27FN4O. The van der Waals surface area contributed by atoms with E-state index in [9.17, 15) is 9.18 Å².